The van der Waals surface area contributed by atoms with Crippen LogP contribution in [-0.2, 0) is 11.3 Å². The van der Waals surface area contributed by atoms with Gasteiger partial charge in [-0.1, -0.05) is 13.8 Å². The molecular formula is C15H22N2O4. The fourth-order valence-electron chi connectivity index (χ4n) is 2.65. The Labute approximate surface area is 124 Å². The maximum absolute atomic E-state index is 12.4. The number of furan rings is 1. The number of aliphatic carboxylic acids is 1. The van der Waals surface area contributed by atoms with E-state index in [9.17, 15) is 9.59 Å². The largest absolute Gasteiger partial charge is 0.480 e. The van der Waals surface area contributed by atoms with Gasteiger partial charge < -0.3 is 14.4 Å². The number of likely N-dealkylation sites (tertiary alicyclic amines) is 1. The Morgan fingerprint density at radius 2 is 2.10 bits per heavy atom. The molecule has 1 aromatic heterocycles. The first-order valence-corrected chi connectivity index (χ1v) is 7.41. The molecule has 1 atom stereocenters. The zero-order chi connectivity index (χ0) is 15.4. The number of carbonyl (C=O) groups excluding carboxylic acids is 1. The van der Waals surface area contributed by atoms with E-state index in [0.717, 1.165) is 25.3 Å². The van der Waals surface area contributed by atoms with Crippen molar-refractivity contribution in [2.75, 3.05) is 19.6 Å². The summed E-state index contributed by atoms with van der Waals surface area (Å²) in [6, 6.07) is 2.70. The molecule has 21 heavy (non-hydrogen) atoms. The van der Waals surface area contributed by atoms with Crippen LogP contribution in [-0.4, -0.2) is 52.5 Å². The van der Waals surface area contributed by atoms with Crippen molar-refractivity contribution in [3.05, 3.63) is 23.7 Å². The summed E-state index contributed by atoms with van der Waals surface area (Å²) in [5.41, 5.74) is 0. The Morgan fingerprint density at radius 1 is 1.38 bits per heavy atom. The Hall–Kier alpha value is -1.82. The van der Waals surface area contributed by atoms with Crippen LogP contribution in [0.1, 0.15) is 43.0 Å². The SMILES string of the molecule is CCN(CC)Cc1ccc(C(=O)N2CCC[C@H]2C(=O)O)o1. The predicted octanol–water partition coefficient (Wildman–Crippen LogP) is 1.81. The third-order valence-corrected chi connectivity index (χ3v) is 3.95. The Morgan fingerprint density at radius 3 is 2.71 bits per heavy atom. The molecule has 0 saturated carbocycles. The van der Waals surface area contributed by atoms with E-state index < -0.39 is 12.0 Å². The Balaban J connectivity index is 2.06. The highest BCUT2D eigenvalue weighted by molar-refractivity contribution is 5.94. The first-order chi connectivity index (χ1) is 10.1. The van der Waals surface area contributed by atoms with Gasteiger partial charge in [0.1, 0.15) is 11.8 Å². The van der Waals surface area contributed by atoms with E-state index in [2.05, 4.69) is 18.7 Å². The molecule has 1 aromatic rings. The summed E-state index contributed by atoms with van der Waals surface area (Å²) in [7, 11) is 0. The van der Waals surface area contributed by atoms with Gasteiger partial charge in [-0.15, -0.1) is 0 Å². The lowest BCUT2D eigenvalue weighted by Crippen LogP contribution is -2.40. The molecule has 0 spiro atoms. The van der Waals surface area contributed by atoms with Gasteiger partial charge in [0.2, 0.25) is 0 Å². The molecule has 6 heteroatoms. The molecule has 1 amide bonds. The molecule has 0 unspecified atom stereocenters. The molecule has 1 fully saturated rings. The number of carboxylic acid groups (broad SMARTS) is 1. The second-order valence-corrected chi connectivity index (χ2v) is 5.22. The molecule has 1 saturated heterocycles. The van der Waals surface area contributed by atoms with Crippen molar-refractivity contribution in [3.8, 4) is 0 Å². The maximum Gasteiger partial charge on any atom is 0.326 e. The summed E-state index contributed by atoms with van der Waals surface area (Å²) >= 11 is 0. The van der Waals surface area contributed by atoms with Gasteiger partial charge in [-0.2, -0.15) is 0 Å². The van der Waals surface area contributed by atoms with E-state index >= 15 is 0 Å². The van der Waals surface area contributed by atoms with Crippen molar-refractivity contribution in [2.45, 2.75) is 39.3 Å². The van der Waals surface area contributed by atoms with Gasteiger partial charge in [0, 0.05) is 6.54 Å². The lowest BCUT2D eigenvalue weighted by Gasteiger charge is -2.20. The third kappa shape index (κ3) is 3.44. The molecule has 2 rings (SSSR count). The van der Waals surface area contributed by atoms with Crippen LogP contribution in [0.25, 0.3) is 0 Å². The minimum Gasteiger partial charge on any atom is -0.480 e. The molecule has 0 aromatic carbocycles. The topological polar surface area (TPSA) is 74.0 Å². The Kier molecular flexibility index (Phi) is 5.01. The van der Waals surface area contributed by atoms with Gasteiger partial charge in [0.05, 0.1) is 6.54 Å². The van der Waals surface area contributed by atoms with Crippen molar-refractivity contribution in [1.29, 1.82) is 0 Å². The second kappa shape index (κ2) is 6.76. The summed E-state index contributed by atoms with van der Waals surface area (Å²) in [4.78, 5) is 27.1. The number of carboxylic acids is 1. The van der Waals surface area contributed by atoms with Crippen LogP contribution < -0.4 is 0 Å². The zero-order valence-electron chi connectivity index (χ0n) is 12.5. The van der Waals surface area contributed by atoms with Crippen molar-refractivity contribution >= 4 is 11.9 Å². The average Bonchev–Trinajstić information content (AvgIpc) is 3.13. The van der Waals surface area contributed by atoms with E-state index in [-0.39, 0.29) is 11.7 Å². The molecule has 116 valence electrons. The van der Waals surface area contributed by atoms with E-state index in [1.807, 2.05) is 0 Å². The second-order valence-electron chi connectivity index (χ2n) is 5.22. The lowest BCUT2D eigenvalue weighted by atomic mass is 10.2. The van der Waals surface area contributed by atoms with E-state index in [1.165, 1.54) is 4.90 Å². The van der Waals surface area contributed by atoms with Gasteiger partial charge in [0.15, 0.2) is 5.76 Å². The molecule has 1 aliphatic heterocycles. The fourth-order valence-corrected chi connectivity index (χ4v) is 2.65. The summed E-state index contributed by atoms with van der Waals surface area (Å²) in [6.45, 7) is 7.09. The standard InChI is InChI=1S/C15H22N2O4/c1-3-16(4-2)10-11-7-8-13(21-11)14(18)17-9-5-6-12(17)15(19)20/h7-8,12H,3-6,9-10H2,1-2H3,(H,19,20)/t12-/m0/s1. The normalized spacial score (nSPS) is 18.4. The maximum atomic E-state index is 12.4. The van der Waals surface area contributed by atoms with E-state index in [0.29, 0.717) is 19.5 Å². The minimum absolute atomic E-state index is 0.227. The van der Waals surface area contributed by atoms with Crippen LogP contribution in [0.5, 0.6) is 0 Å². The first kappa shape index (κ1) is 15.6. The number of carbonyl (C=O) groups is 2. The number of amides is 1. The molecule has 1 N–H and O–H groups in total. The molecule has 0 radical (unpaired) electrons. The first-order valence-electron chi connectivity index (χ1n) is 7.41. The van der Waals surface area contributed by atoms with E-state index in [1.54, 1.807) is 12.1 Å². The lowest BCUT2D eigenvalue weighted by molar-refractivity contribution is -0.141. The van der Waals surface area contributed by atoms with Gasteiger partial charge in [-0.3, -0.25) is 9.69 Å². The average molecular weight is 294 g/mol. The van der Waals surface area contributed by atoms with E-state index in [4.69, 9.17) is 9.52 Å². The summed E-state index contributed by atoms with van der Waals surface area (Å²) in [5, 5.41) is 9.14. The summed E-state index contributed by atoms with van der Waals surface area (Å²) in [6.07, 6.45) is 1.23. The Bertz CT molecular complexity index is 508. The highest BCUT2D eigenvalue weighted by atomic mass is 16.4. The smallest absolute Gasteiger partial charge is 0.326 e. The van der Waals surface area contributed by atoms with Gasteiger partial charge in [0.25, 0.3) is 5.91 Å². The monoisotopic (exact) mass is 294 g/mol. The van der Waals surface area contributed by atoms with Crippen LogP contribution in [0, 0.1) is 0 Å². The van der Waals surface area contributed by atoms with Crippen molar-refractivity contribution in [2.24, 2.45) is 0 Å². The van der Waals surface area contributed by atoms with Crippen LogP contribution in [0.3, 0.4) is 0 Å². The predicted molar refractivity (Wildman–Crippen MR) is 77.0 cm³/mol. The van der Waals surface area contributed by atoms with Gasteiger partial charge in [-0.25, -0.2) is 4.79 Å². The van der Waals surface area contributed by atoms with Gasteiger partial charge in [-0.05, 0) is 38.1 Å². The molecule has 0 aliphatic carbocycles. The number of nitrogens with zero attached hydrogens (tertiary/aromatic N) is 2. The highest BCUT2D eigenvalue weighted by Crippen LogP contribution is 2.21. The number of hydrogen-bond donors (Lipinski definition) is 1. The summed E-state index contributed by atoms with van der Waals surface area (Å²) < 4.78 is 5.59. The molecule has 6 nitrogen and oxygen atoms in total. The number of hydrogen-bond acceptors (Lipinski definition) is 4. The van der Waals surface area contributed by atoms with Gasteiger partial charge >= 0.3 is 5.97 Å². The third-order valence-electron chi connectivity index (χ3n) is 3.95. The quantitative estimate of drug-likeness (QED) is 0.866. The van der Waals surface area contributed by atoms with Crippen LogP contribution in [0.2, 0.25) is 0 Å². The molecule has 1 aliphatic rings. The molecule has 2 heterocycles. The number of rotatable bonds is 6. The fraction of sp³-hybridized carbons (Fsp3) is 0.600. The minimum atomic E-state index is -0.948. The highest BCUT2D eigenvalue weighted by Gasteiger charge is 2.35. The van der Waals surface area contributed by atoms with Crippen LogP contribution in [0.4, 0.5) is 0 Å². The molecular weight excluding hydrogens is 272 g/mol. The van der Waals surface area contributed by atoms with Crippen molar-refractivity contribution in [3.63, 3.8) is 0 Å². The van der Waals surface area contributed by atoms with Crippen molar-refractivity contribution < 1.29 is 19.1 Å². The van der Waals surface area contributed by atoms with Crippen molar-refractivity contribution in [1.82, 2.24) is 9.80 Å². The van der Waals surface area contributed by atoms with Crippen LogP contribution >= 0.6 is 0 Å². The zero-order valence-corrected chi connectivity index (χ0v) is 12.5. The van der Waals surface area contributed by atoms with Crippen LogP contribution in [0.15, 0.2) is 16.5 Å². The molecule has 0 bridgehead atoms. The summed E-state index contributed by atoms with van der Waals surface area (Å²) in [5.74, 6) is -0.320.